The standard InChI is InChI=1S/C23H21N5O5S/c1-28(2)34(31,32)15-8-6-12(7-9-15)19-17(18-21(25-19)26-23(24)27-22(18)30)16-5-3-4-13-10-14(29)11-33-20(13)16/h3-9H,10-11H2,1-2H3,(H4,24,25,26,27,30). The highest BCUT2D eigenvalue weighted by Crippen LogP contribution is 2.43. The van der Waals surface area contributed by atoms with E-state index in [4.69, 9.17) is 10.5 Å². The summed E-state index contributed by atoms with van der Waals surface area (Å²) in [5.74, 6) is 0.447. The second-order valence-corrected chi connectivity index (χ2v) is 10.3. The van der Waals surface area contributed by atoms with Gasteiger partial charge >= 0.3 is 0 Å². The topological polar surface area (TPSA) is 151 Å². The number of hydrogen-bond acceptors (Lipinski definition) is 7. The fraction of sp³-hybridized carbons (Fsp3) is 0.174. The molecular formula is C23H21N5O5S. The molecule has 1 aliphatic rings. The number of para-hydroxylation sites is 1. The van der Waals surface area contributed by atoms with Crippen LogP contribution in [-0.2, 0) is 21.2 Å². The summed E-state index contributed by atoms with van der Waals surface area (Å²) in [4.78, 5) is 34.9. The van der Waals surface area contributed by atoms with Crippen molar-refractivity contribution in [2.45, 2.75) is 11.3 Å². The Morgan fingerprint density at radius 1 is 1.06 bits per heavy atom. The normalized spacial score (nSPS) is 13.8. The Morgan fingerprint density at radius 3 is 2.50 bits per heavy atom. The second-order valence-electron chi connectivity index (χ2n) is 8.16. The first-order valence-electron chi connectivity index (χ1n) is 10.4. The SMILES string of the molecule is CN(C)S(=O)(=O)c1ccc(-c2[nH]c3nc(N)[nH]c(=O)c3c2-c2cccc3c2OCC(=O)C3)cc1. The van der Waals surface area contributed by atoms with Crippen LogP contribution in [0.15, 0.2) is 52.2 Å². The van der Waals surface area contributed by atoms with Gasteiger partial charge in [0.05, 0.1) is 16.0 Å². The van der Waals surface area contributed by atoms with E-state index in [9.17, 15) is 18.0 Å². The predicted molar refractivity (Wildman–Crippen MR) is 127 cm³/mol. The lowest BCUT2D eigenvalue weighted by Gasteiger charge is -2.20. The predicted octanol–water partition coefficient (Wildman–Crippen LogP) is 1.92. The molecule has 0 amide bonds. The number of fused-ring (bicyclic) bond motifs is 2. The third-order valence-corrected chi connectivity index (χ3v) is 7.56. The highest BCUT2D eigenvalue weighted by molar-refractivity contribution is 7.89. The van der Waals surface area contributed by atoms with Crippen LogP contribution in [0.1, 0.15) is 5.56 Å². The molecule has 0 bridgehead atoms. The molecule has 0 saturated carbocycles. The number of rotatable bonds is 4. The number of nitrogens with one attached hydrogen (secondary N) is 2. The summed E-state index contributed by atoms with van der Waals surface area (Å²) in [5.41, 5.74) is 8.65. The largest absolute Gasteiger partial charge is 0.485 e. The van der Waals surface area contributed by atoms with Crippen molar-refractivity contribution in [1.29, 1.82) is 0 Å². The quantitative estimate of drug-likeness (QED) is 0.404. The zero-order valence-electron chi connectivity index (χ0n) is 18.4. The van der Waals surface area contributed by atoms with Crippen LogP contribution in [0.5, 0.6) is 5.75 Å². The van der Waals surface area contributed by atoms with Gasteiger partial charge in [-0.2, -0.15) is 4.98 Å². The van der Waals surface area contributed by atoms with E-state index in [0.29, 0.717) is 28.1 Å². The molecule has 3 heterocycles. The number of sulfonamides is 1. The number of aromatic nitrogens is 3. The molecule has 4 N–H and O–H groups in total. The molecule has 0 radical (unpaired) electrons. The smallest absolute Gasteiger partial charge is 0.262 e. The zero-order chi connectivity index (χ0) is 24.2. The number of carbonyl (C=O) groups is 1. The summed E-state index contributed by atoms with van der Waals surface area (Å²) in [6.45, 7) is -0.0552. The Morgan fingerprint density at radius 2 is 1.79 bits per heavy atom. The Labute approximate surface area is 194 Å². The molecular weight excluding hydrogens is 458 g/mol. The number of anilines is 1. The average molecular weight is 480 g/mol. The summed E-state index contributed by atoms with van der Waals surface area (Å²) in [6.07, 6.45) is 0.236. The van der Waals surface area contributed by atoms with Crippen LogP contribution in [-0.4, -0.2) is 54.2 Å². The monoisotopic (exact) mass is 479 g/mol. The maximum Gasteiger partial charge on any atom is 0.262 e. The van der Waals surface area contributed by atoms with Crippen molar-refractivity contribution < 1.29 is 17.9 Å². The molecule has 11 heteroatoms. The number of carbonyl (C=O) groups excluding carboxylic acids is 1. The van der Waals surface area contributed by atoms with Crippen LogP contribution >= 0.6 is 0 Å². The number of nitrogen functional groups attached to an aromatic ring is 1. The van der Waals surface area contributed by atoms with Crippen LogP contribution in [0.3, 0.4) is 0 Å². The van der Waals surface area contributed by atoms with Crippen LogP contribution in [0, 0.1) is 0 Å². The van der Waals surface area contributed by atoms with Crippen molar-refractivity contribution in [3.8, 4) is 28.1 Å². The molecule has 4 aromatic rings. The molecule has 0 atom stereocenters. The minimum Gasteiger partial charge on any atom is -0.485 e. The van der Waals surface area contributed by atoms with Crippen molar-refractivity contribution in [3.05, 3.63) is 58.4 Å². The van der Waals surface area contributed by atoms with Gasteiger partial charge in [-0.3, -0.25) is 14.6 Å². The van der Waals surface area contributed by atoms with Gasteiger partial charge in [0, 0.05) is 37.2 Å². The molecule has 1 aliphatic heterocycles. The second kappa shape index (κ2) is 7.82. The average Bonchev–Trinajstić information content (AvgIpc) is 3.17. The first-order valence-corrected chi connectivity index (χ1v) is 11.8. The fourth-order valence-corrected chi connectivity index (χ4v) is 5.02. The van der Waals surface area contributed by atoms with Gasteiger partial charge in [0.25, 0.3) is 5.56 Å². The molecule has 0 saturated heterocycles. The fourth-order valence-electron chi connectivity index (χ4n) is 4.12. The van der Waals surface area contributed by atoms with E-state index >= 15 is 0 Å². The van der Waals surface area contributed by atoms with E-state index in [1.54, 1.807) is 24.3 Å². The summed E-state index contributed by atoms with van der Waals surface area (Å²) in [5, 5.41) is 0.281. The van der Waals surface area contributed by atoms with E-state index in [2.05, 4.69) is 15.0 Å². The van der Waals surface area contributed by atoms with E-state index in [0.717, 1.165) is 9.87 Å². The third-order valence-electron chi connectivity index (χ3n) is 5.73. The van der Waals surface area contributed by atoms with Crippen molar-refractivity contribution in [1.82, 2.24) is 19.3 Å². The molecule has 0 aliphatic carbocycles. The Bertz CT molecular complexity index is 1620. The van der Waals surface area contributed by atoms with E-state index in [1.807, 2.05) is 6.07 Å². The van der Waals surface area contributed by atoms with Gasteiger partial charge in [0.15, 0.2) is 5.78 Å². The minimum atomic E-state index is -3.61. The lowest BCUT2D eigenvalue weighted by atomic mass is 9.94. The highest BCUT2D eigenvalue weighted by atomic mass is 32.2. The summed E-state index contributed by atoms with van der Waals surface area (Å²) in [6, 6.07) is 11.7. The van der Waals surface area contributed by atoms with Crippen LogP contribution < -0.4 is 16.0 Å². The minimum absolute atomic E-state index is 0.0335. The number of Topliss-reactive ketones (excluding diaryl/α,β-unsaturated/α-hetero) is 1. The maximum atomic E-state index is 12.9. The number of benzene rings is 2. The number of H-pyrrole nitrogens is 2. The third kappa shape index (κ3) is 3.45. The molecule has 2 aromatic heterocycles. The van der Waals surface area contributed by atoms with E-state index in [1.165, 1.54) is 26.2 Å². The lowest BCUT2D eigenvalue weighted by Crippen LogP contribution is -2.22. The summed E-state index contributed by atoms with van der Waals surface area (Å²) in [7, 11) is -0.679. The molecule has 10 nitrogen and oxygen atoms in total. The van der Waals surface area contributed by atoms with Crippen molar-refractivity contribution in [2.24, 2.45) is 0 Å². The Kier molecular flexibility index (Phi) is 5.03. The highest BCUT2D eigenvalue weighted by Gasteiger charge is 2.26. The van der Waals surface area contributed by atoms with Gasteiger partial charge in [-0.1, -0.05) is 30.3 Å². The molecule has 174 valence electrons. The van der Waals surface area contributed by atoms with Gasteiger partial charge in [-0.25, -0.2) is 12.7 Å². The van der Waals surface area contributed by atoms with Gasteiger partial charge in [0.2, 0.25) is 16.0 Å². The van der Waals surface area contributed by atoms with Crippen LogP contribution in [0.2, 0.25) is 0 Å². The molecule has 2 aromatic carbocycles. The molecule has 0 spiro atoms. The zero-order valence-corrected chi connectivity index (χ0v) is 19.2. The number of ether oxygens (including phenoxy) is 1. The summed E-state index contributed by atoms with van der Waals surface area (Å²) >= 11 is 0. The first-order chi connectivity index (χ1) is 16.2. The summed E-state index contributed by atoms with van der Waals surface area (Å²) < 4.78 is 31.9. The number of aromatic amines is 2. The Hall–Kier alpha value is -3.96. The van der Waals surface area contributed by atoms with Crippen molar-refractivity contribution in [3.63, 3.8) is 0 Å². The van der Waals surface area contributed by atoms with E-state index in [-0.39, 0.29) is 40.7 Å². The van der Waals surface area contributed by atoms with E-state index < -0.39 is 15.6 Å². The number of nitrogens with two attached hydrogens (primary N) is 1. The first kappa shape index (κ1) is 21.9. The number of nitrogens with zero attached hydrogens (tertiary/aromatic N) is 2. The van der Waals surface area contributed by atoms with Gasteiger partial charge < -0.3 is 15.5 Å². The van der Waals surface area contributed by atoms with Crippen molar-refractivity contribution >= 4 is 32.8 Å². The molecule has 0 unspecified atom stereocenters. The molecule has 34 heavy (non-hydrogen) atoms. The Balaban J connectivity index is 1.78. The van der Waals surface area contributed by atoms with Gasteiger partial charge in [0.1, 0.15) is 18.0 Å². The number of ketones is 1. The van der Waals surface area contributed by atoms with Crippen LogP contribution in [0.25, 0.3) is 33.4 Å². The lowest BCUT2D eigenvalue weighted by molar-refractivity contribution is -0.121. The molecule has 0 fully saturated rings. The molecule has 5 rings (SSSR count). The van der Waals surface area contributed by atoms with Crippen molar-refractivity contribution in [2.75, 3.05) is 26.4 Å². The van der Waals surface area contributed by atoms with Gasteiger partial charge in [-0.15, -0.1) is 0 Å². The van der Waals surface area contributed by atoms with Gasteiger partial charge in [-0.05, 0) is 17.7 Å². The maximum absolute atomic E-state index is 12.9. The van der Waals surface area contributed by atoms with Crippen LogP contribution in [0.4, 0.5) is 5.95 Å². The number of hydrogen-bond donors (Lipinski definition) is 3.